The number of piperidine rings is 1. The number of aliphatic hydroxyl groups excluding tert-OH is 1. The molecule has 5 nitrogen and oxygen atoms in total. The lowest BCUT2D eigenvalue weighted by Gasteiger charge is -2.31. The number of amides is 2. The fraction of sp³-hybridized carbons (Fsp3) is 0.611. The van der Waals surface area contributed by atoms with E-state index in [0.717, 1.165) is 44.5 Å². The number of rotatable bonds is 3. The molecule has 5 heteroatoms. The normalized spacial score (nSPS) is 18.7. The molecule has 0 aliphatic carbocycles. The van der Waals surface area contributed by atoms with Gasteiger partial charge in [-0.1, -0.05) is 12.1 Å². The van der Waals surface area contributed by atoms with Gasteiger partial charge < -0.3 is 20.2 Å². The van der Waals surface area contributed by atoms with Crippen molar-refractivity contribution in [1.82, 2.24) is 10.2 Å². The number of anilines is 1. The van der Waals surface area contributed by atoms with Gasteiger partial charge in [-0.05, 0) is 48.8 Å². The molecule has 0 aromatic heterocycles. The van der Waals surface area contributed by atoms with Crippen LogP contribution in [0.15, 0.2) is 18.2 Å². The van der Waals surface area contributed by atoms with Crippen LogP contribution in [-0.2, 0) is 13.0 Å². The van der Waals surface area contributed by atoms with Crippen molar-refractivity contribution in [2.75, 3.05) is 38.2 Å². The summed E-state index contributed by atoms with van der Waals surface area (Å²) in [5, 5.41) is 12.2. The molecule has 1 aromatic carbocycles. The Balaban J connectivity index is 1.53. The summed E-state index contributed by atoms with van der Waals surface area (Å²) in [6, 6.07) is 6.52. The number of nitrogens with one attached hydrogen (secondary N) is 1. The number of benzene rings is 1. The summed E-state index contributed by atoms with van der Waals surface area (Å²) in [5.41, 5.74) is 3.87. The van der Waals surface area contributed by atoms with Crippen molar-refractivity contribution in [3.63, 3.8) is 0 Å². The number of urea groups is 1. The maximum absolute atomic E-state index is 12.3. The molecule has 2 heterocycles. The maximum atomic E-state index is 12.3. The van der Waals surface area contributed by atoms with Crippen LogP contribution in [0.25, 0.3) is 0 Å². The number of likely N-dealkylation sites (tertiary alicyclic amines) is 1. The van der Waals surface area contributed by atoms with Gasteiger partial charge in [0.1, 0.15) is 0 Å². The Morgan fingerprint density at radius 2 is 2.09 bits per heavy atom. The largest absolute Gasteiger partial charge is 0.396 e. The highest BCUT2D eigenvalue weighted by molar-refractivity contribution is 5.74. The van der Waals surface area contributed by atoms with Crippen LogP contribution >= 0.6 is 0 Å². The smallest absolute Gasteiger partial charge is 0.317 e. The second-order valence-electron chi connectivity index (χ2n) is 6.76. The first kappa shape index (κ1) is 16.1. The highest BCUT2D eigenvalue weighted by atomic mass is 16.3. The van der Waals surface area contributed by atoms with E-state index in [-0.39, 0.29) is 12.6 Å². The molecule has 2 amide bonds. The minimum atomic E-state index is 0.0104. The van der Waals surface area contributed by atoms with E-state index >= 15 is 0 Å². The molecule has 0 unspecified atom stereocenters. The number of carbonyl (C=O) groups is 1. The Morgan fingerprint density at radius 3 is 2.83 bits per heavy atom. The molecule has 0 saturated carbocycles. The van der Waals surface area contributed by atoms with E-state index in [4.69, 9.17) is 5.11 Å². The number of aryl methyl sites for hydroxylation is 1. The number of nitrogens with zero attached hydrogens (tertiary/aromatic N) is 2. The van der Waals surface area contributed by atoms with Gasteiger partial charge >= 0.3 is 6.03 Å². The third kappa shape index (κ3) is 3.78. The molecule has 23 heavy (non-hydrogen) atoms. The van der Waals surface area contributed by atoms with E-state index in [9.17, 15) is 4.79 Å². The average molecular weight is 317 g/mol. The Kier molecular flexibility index (Phi) is 5.06. The highest BCUT2D eigenvalue weighted by Gasteiger charge is 2.22. The van der Waals surface area contributed by atoms with Gasteiger partial charge in [-0.15, -0.1) is 0 Å². The van der Waals surface area contributed by atoms with E-state index in [1.54, 1.807) is 0 Å². The van der Waals surface area contributed by atoms with E-state index < -0.39 is 0 Å². The van der Waals surface area contributed by atoms with Gasteiger partial charge in [-0.2, -0.15) is 0 Å². The monoisotopic (exact) mass is 317 g/mol. The van der Waals surface area contributed by atoms with Crippen LogP contribution in [0.4, 0.5) is 10.5 Å². The predicted molar refractivity (Wildman–Crippen MR) is 91.7 cm³/mol. The van der Waals surface area contributed by atoms with Crippen molar-refractivity contribution in [3.05, 3.63) is 29.3 Å². The number of hydrogen-bond donors (Lipinski definition) is 2. The Hall–Kier alpha value is -1.75. The molecule has 2 N–H and O–H groups in total. The number of carbonyl (C=O) groups excluding carboxylic acids is 1. The van der Waals surface area contributed by atoms with Crippen LogP contribution in [-0.4, -0.2) is 49.3 Å². The zero-order valence-electron chi connectivity index (χ0n) is 13.9. The van der Waals surface area contributed by atoms with Crippen molar-refractivity contribution >= 4 is 11.7 Å². The molecule has 1 saturated heterocycles. The third-order valence-electron chi connectivity index (χ3n) is 5.10. The quantitative estimate of drug-likeness (QED) is 0.896. The molecule has 2 aliphatic heterocycles. The molecular weight excluding hydrogens is 290 g/mol. The van der Waals surface area contributed by atoms with Gasteiger partial charge in [0, 0.05) is 45.5 Å². The lowest BCUT2D eigenvalue weighted by atomic mass is 9.98. The van der Waals surface area contributed by atoms with Crippen LogP contribution in [0, 0.1) is 5.92 Å². The van der Waals surface area contributed by atoms with Crippen LogP contribution in [0.5, 0.6) is 0 Å². The van der Waals surface area contributed by atoms with Gasteiger partial charge in [0.15, 0.2) is 0 Å². The van der Waals surface area contributed by atoms with E-state index in [2.05, 4.69) is 35.5 Å². The lowest BCUT2D eigenvalue weighted by molar-refractivity contribution is 0.137. The van der Waals surface area contributed by atoms with Crippen LogP contribution in [0.3, 0.4) is 0 Å². The Bertz CT molecular complexity index is 553. The summed E-state index contributed by atoms with van der Waals surface area (Å²) in [5.74, 6) is 0.358. The molecule has 1 aromatic rings. The Labute approximate surface area is 138 Å². The fourth-order valence-corrected chi connectivity index (χ4v) is 3.56. The first-order chi connectivity index (χ1) is 11.2. The van der Waals surface area contributed by atoms with Crippen LogP contribution < -0.4 is 10.2 Å². The van der Waals surface area contributed by atoms with Gasteiger partial charge in [0.05, 0.1) is 0 Å². The summed E-state index contributed by atoms with van der Waals surface area (Å²) < 4.78 is 0. The number of fused-ring (bicyclic) bond motifs is 1. The summed E-state index contributed by atoms with van der Waals surface area (Å²) in [4.78, 5) is 16.4. The molecule has 0 bridgehead atoms. The van der Waals surface area contributed by atoms with Gasteiger partial charge in [0.2, 0.25) is 0 Å². The molecular formula is C18H27N3O2. The summed E-state index contributed by atoms with van der Waals surface area (Å²) in [6.07, 6.45) is 4.11. The van der Waals surface area contributed by atoms with E-state index in [1.807, 2.05) is 4.90 Å². The summed E-state index contributed by atoms with van der Waals surface area (Å²) in [7, 11) is 2.13. The second kappa shape index (κ2) is 7.21. The van der Waals surface area contributed by atoms with Crippen molar-refractivity contribution in [3.8, 4) is 0 Å². The van der Waals surface area contributed by atoms with Crippen LogP contribution in [0.2, 0.25) is 0 Å². The molecule has 0 radical (unpaired) electrons. The molecule has 0 spiro atoms. The maximum Gasteiger partial charge on any atom is 0.317 e. The van der Waals surface area contributed by atoms with Gasteiger partial charge in [-0.3, -0.25) is 0 Å². The second-order valence-corrected chi connectivity index (χ2v) is 6.76. The zero-order chi connectivity index (χ0) is 16.2. The Morgan fingerprint density at radius 1 is 1.30 bits per heavy atom. The fourth-order valence-electron chi connectivity index (χ4n) is 3.56. The standard InChI is InChI=1S/C18H27N3O2/c1-20-8-2-3-16-11-15(4-5-17(16)20)12-19-18(23)21-9-6-14(13-22)7-10-21/h4-5,11,14,22H,2-3,6-10,12-13H2,1H3,(H,19,23). The lowest BCUT2D eigenvalue weighted by Crippen LogP contribution is -2.44. The molecule has 1 fully saturated rings. The van der Waals surface area contributed by atoms with E-state index in [1.165, 1.54) is 17.7 Å². The third-order valence-corrected chi connectivity index (χ3v) is 5.10. The first-order valence-electron chi connectivity index (χ1n) is 8.64. The predicted octanol–water partition coefficient (Wildman–Crippen LogP) is 1.98. The molecule has 2 aliphatic rings. The van der Waals surface area contributed by atoms with Crippen molar-refractivity contribution < 1.29 is 9.90 Å². The van der Waals surface area contributed by atoms with Gasteiger partial charge in [0.25, 0.3) is 0 Å². The first-order valence-corrected chi connectivity index (χ1v) is 8.64. The minimum Gasteiger partial charge on any atom is -0.396 e. The average Bonchev–Trinajstić information content (AvgIpc) is 2.60. The van der Waals surface area contributed by atoms with E-state index in [0.29, 0.717) is 12.5 Å². The topological polar surface area (TPSA) is 55.8 Å². The van der Waals surface area contributed by atoms with Gasteiger partial charge in [-0.25, -0.2) is 4.79 Å². The summed E-state index contributed by atoms with van der Waals surface area (Å²) in [6.45, 7) is 3.42. The minimum absolute atomic E-state index is 0.0104. The SMILES string of the molecule is CN1CCCc2cc(CNC(=O)N3CCC(CO)CC3)ccc21. The van der Waals surface area contributed by atoms with Crippen molar-refractivity contribution in [2.24, 2.45) is 5.92 Å². The highest BCUT2D eigenvalue weighted by Crippen LogP contribution is 2.26. The van der Waals surface area contributed by atoms with Crippen molar-refractivity contribution in [2.45, 2.75) is 32.2 Å². The van der Waals surface area contributed by atoms with Crippen molar-refractivity contribution in [1.29, 1.82) is 0 Å². The number of aliphatic hydroxyl groups is 1. The molecule has 0 atom stereocenters. The molecule has 3 rings (SSSR count). The molecule has 126 valence electrons. The zero-order valence-corrected chi connectivity index (χ0v) is 13.9. The summed E-state index contributed by atoms with van der Waals surface area (Å²) >= 11 is 0. The number of hydrogen-bond acceptors (Lipinski definition) is 3. The van der Waals surface area contributed by atoms with Crippen LogP contribution in [0.1, 0.15) is 30.4 Å².